The van der Waals surface area contributed by atoms with Gasteiger partial charge in [-0.1, -0.05) is 35.3 Å². The summed E-state index contributed by atoms with van der Waals surface area (Å²) in [6, 6.07) is 8.31. The summed E-state index contributed by atoms with van der Waals surface area (Å²) in [5.74, 6) is -0.604. The maximum Gasteiger partial charge on any atom is 0.341 e. The number of nitrogens with one attached hydrogen (secondary N) is 1. The van der Waals surface area contributed by atoms with E-state index >= 15 is 0 Å². The van der Waals surface area contributed by atoms with Crippen LogP contribution in [0.2, 0.25) is 10.0 Å². The first-order valence-corrected chi connectivity index (χ1v) is 9.03. The van der Waals surface area contributed by atoms with Crippen LogP contribution in [-0.2, 0) is 9.53 Å². The number of benzene rings is 1. The van der Waals surface area contributed by atoms with E-state index in [-0.39, 0.29) is 27.3 Å². The first-order chi connectivity index (χ1) is 12.9. The number of carbonyl (C=O) groups is 1. The van der Waals surface area contributed by atoms with Gasteiger partial charge in [-0.25, -0.2) is 4.79 Å². The molecule has 2 aromatic rings. The second-order valence-electron chi connectivity index (χ2n) is 6.08. The molecule has 27 heavy (non-hydrogen) atoms. The number of ether oxygens (including phenoxy) is 2. The molecule has 0 aliphatic carbocycles. The molecule has 0 saturated carbocycles. The number of halogens is 2. The average molecular weight is 410 g/mol. The zero-order chi connectivity index (χ0) is 19.4. The maximum atomic E-state index is 11.9. The van der Waals surface area contributed by atoms with Crippen LogP contribution in [0.15, 0.2) is 41.2 Å². The summed E-state index contributed by atoms with van der Waals surface area (Å²) in [7, 11) is 0. The molecule has 8 heteroatoms. The molecule has 3 rings (SSSR count). The number of carboxylic acid groups (broad SMARTS) is 1. The van der Waals surface area contributed by atoms with Gasteiger partial charge in [0.15, 0.2) is 6.61 Å². The third-order valence-electron chi connectivity index (χ3n) is 4.11. The van der Waals surface area contributed by atoms with Crippen LogP contribution in [0.1, 0.15) is 17.7 Å². The highest BCUT2D eigenvalue weighted by Gasteiger charge is 2.17. The van der Waals surface area contributed by atoms with Crippen LogP contribution in [0, 0.1) is 5.92 Å². The minimum Gasteiger partial charge on any atom is -0.480 e. The normalized spacial score (nSPS) is 17.1. The zero-order valence-corrected chi connectivity index (χ0v) is 15.7. The van der Waals surface area contributed by atoms with Crippen molar-refractivity contribution in [2.75, 3.05) is 19.8 Å². The van der Waals surface area contributed by atoms with E-state index in [4.69, 9.17) is 37.8 Å². The van der Waals surface area contributed by atoms with Gasteiger partial charge in [0, 0.05) is 23.8 Å². The molecule has 1 aliphatic heterocycles. The molecule has 0 radical (unpaired) electrons. The van der Waals surface area contributed by atoms with E-state index in [2.05, 4.69) is 4.98 Å². The summed E-state index contributed by atoms with van der Waals surface area (Å²) in [4.78, 5) is 25.4. The minimum atomic E-state index is -1.09. The molecule has 142 valence electrons. The SMILES string of the molecule is O=C(O)COc1ccc(/C(=C\C2CCOC2)c2ccc(Cl)c(=O)[nH]2)cc1Cl. The lowest BCUT2D eigenvalue weighted by Gasteiger charge is -2.13. The Labute approximate surface area is 165 Å². The van der Waals surface area contributed by atoms with E-state index in [1.807, 2.05) is 6.08 Å². The lowest BCUT2D eigenvalue weighted by Crippen LogP contribution is -2.10. The molecule has 1 aromatic carbocycles. The standard InChI is InChI=1S/C19H17Cl2NO5/c20-14-2-3-16(22-19(14)25)13(7-11-5-6-26-9-11)12-1-4-17(15(21)8-12)27-10-18(23)24/h1-4,7-8,11H,5-6,9-10H2,(H,22,25)(H,23,24)/b13-7+. The highest BCUT2D eigenvalue weighted by Crippen LogP contribution is 2.32. The molecule has 0 bridgehead atoms. The topological polar surface area (TPSA) is 88.6 Å². The van der Waals surface area contributed by atoms with Gasteiger partial charge in [-0.15, -0.1) is 0 Å². The predicted octanol–water partition coefficient (Wildman–Crippen LogP) is 3.61. The van der Waals surface area contributed by atoms with Crippen molar-refractivity contribution >= 4 is 34.7 Å². The summed E-state index contributed by atoms with van der Waals surface area (Å²) in [5.41, 5.74) is 1.76. The van der Waals surface area contributed by atoms with Crippen LogP contribution < -0.4 is 10.3 Å². The number of rotatable bonds is 6. The van der Waals surface area contributed by atoms with Gasteiger partial charge in [-0.3, -0.25) is 4.79 Å². The Morgan fingerprint density at radius 2 is 2.11 bits per heavy atom. The highest BCUT2D eigenvalue weighted by molar-refractivity contribution is 6.32. The molecular weight excluding hydrogens is 393 g/mol. The number of aliphatic carboxylic acids is 1. The molecule has 2 N–H and O–H groups in total. The molecule has 0 spiro atoms. The lowest BCUT2D eigenvalue weighted by molar-refractivity contribution is -0.139. The zero-order valence-electron chi connectivity index (χ0n) is 14.2. The van der Waals surface area contributed by atoms with Gasteiger partial charge in [0.05, 0.1) is 11.6 Å². The Kier molecular flexibility index (Phi) is 6.21. The average Bonchev–Trinajstić information content (AvgIpc) is 3.14. The van der Waals surface area contributed by atoms with Crippen LogP contribution in [-0.4, -0.2) is 35.9 Å². The van der Waals surface area contributed by atoms with E-state index in [0.717, 1.165) is 17.6 Å². The summed E-state index contributed by atoms with van der Waals surface area (Å²) < 4.78 is 10.6. The summed E-state index contributed by atoms with van der Waals surface area (Å²) in [6.45, 7) is 0.814. The number of H-pyrrole nitrogens is 1. The van der Waals surface area contributed by atoms with Gasteiger partial charge in [-0.2, -0.15) is 0 Å². The van der Waals surface area contributed by atoms with Crippen molar-refractivity contribution < 1.29 is 19.4 Å². The van der Waals surface area contributed by atoms with E-state index in [1.165, 1.54) is 0 Å². The minimum absolute atomic E-state index is 0.109. The quantitative estimate of drug-likeness (QED) is 0.760. The Morgan fingerprint density at radius 1 is 1.30 bits per heavy atom. The molecule has 0 amide bonds. The lowest BCUT2D eigenvalue weighted by atomic mass is 9.96. The maximum absolute atomic E-state index is 11.9. The molecule has 1 unspecified atom stereocenters. The molecule has 1 aromatic heterocycles. The number of carboxylic acids is 1. The van der Waals surface area contributed by atoms with Gasteiger partial charge in [0.25, 0.3) is 5.56 Å². The molecule has 1 aliphatic rings. The van der Waals surface area contributed by atoms with Crippen LogP contribution in [0.25, 0.3) is 5.57 Å². The summed E-state index contributed by atoms with van der Waals surface area (Å²) in [5, 5.41) is 9.12. The Hall–Kier alpha value is -2.28. The highest BCUT2D eigenvalue weighted by atomic mass is 35.5. The third-order valence-corrected chi connectivity index (χ3v) is 4.71. The van der Waals surface area contributed by atoms with Crippen molar-refractivity contribution in [3.63, 3.8) is 0 Å². The monoisotopic (exact) mass is 409 g/mol. The number of hydrogen-bond acceptors (Lipinski definition) is 4. The van der Waals surface area contributed by atoms with Gasteiger partial charge in [0.1, 0.15) is 10.8 Å². The van der Waals surface area contributed by atoms with Crippen LogP contribution >= 0.6 is 23.2 Å². The molecule has 2 heterocycles. The summed E-state index contributed by atoms with van der Waals surface area (Å²) >= 11 is 12.1. The smallest absolute Gasteiger partial charge is 0.341 e. The Balaban J connectivity index is 1.99. The first kappa shape index (κ1) is 19.5. The predicted molar refractivity (Wildman–Crippen MR) is 103 cm³/mol. The van der Waals surface area contributed by atoms with E-state index < -0.39 is 12.6 Å². The van der Waals surface area contributed by atoms with E-state index in [0.29, 0.717) is 18.9 Å². The second kappa shape index (κ2) is 8.61. The molecule has 6 nitrogen and oxygen atoms in total. The van der Waals surface area contributed by atoms with E-state index in [1.54, 1.807) is 30.3 Å². The van der Waals surface area contributed by atoms with Gasteiger partial charge < -0.3 is 19.6 Å². The second-order valence-corrected chi connectivity index (χ2v) is 6.90. The van der Waals surface area contributed by atoms with Crippen molar-refractivity contribution in [1.82, 2.24) is 4.98 Å². The molecule has 1 fully saturated rings. The van der Waals surface area contributed by atoms with Crippen molar-refractivity contribution in [2.45, 2.75) is 6.42 Å². The number of pyridine rings is 1. The van der Waals surface area contributed by atoms with Crippen LogP contribution in [0.4, 0.5) is 0 Å². The number of aromatic amines is 1. The largest absolute Gasteiger partial charge is 0.480 e. The van der Waals surface area contributed by atoms with Crippen molar-refractivity contribution in [3.8, 4) is 5.75 Å². The number of aromatic nitrogens is 1. The first-order valence-electron chi connectivity index (χ1n) is 8.27. The fourth-order valence-electron chi connectivity index (χ4n) is 2.80. The van der Waals surface area contributed by atoms with Gasteiger partial charge in [0.2, 0.25) is 0 Å². The Bertz CT molecular complexity index is 932. The fraction of sp³-hybridized carbons (Fsp3) is 0.263. The third kappa shape index (κ3) is 4.91. The molecule has 1 saturated heterocycles. The van der Waals surface area contributed by atoms with E-state index in [9.17, 15) is 9.59 Å². The van der Waals surface area contributed by atoms with Gasteiger partial charge in [-0.05, 0) is 36.2 Å². The van der Waals surface area contributed by atoms with Gasteiger partial charge >= 0.3 is 5.97 Å². The molecule has 1 atom stereocenters. The molecular formula is C19H17Cl2NO5. The van der Waals surface area contributed by atoms with Crippen LogP contribution in [0.3, 0.4) is 0 Å². The Morgan fingerprint density at radius 3 is 2.74 bits per heavy atom. The fourth-order valence-corrected chi connectivity index (χ4v) is 3.14. The van der Waals surface area contributed by atoms with Crippen LogP contribution in [0.5, 0.6) is 5.75 Å². The number of hydrogen-bond donors (Lipinski definition) is 2. The van der Waals surface area contributed by atoms with Crippen molar-refractivity contribution in [2.24, 2.45) is 5.92 Å². The van der Waals surface area contributed by atoms with Crippen molar-refractivity contribution in [3.05, 3.63) is 68.1 Å². The summed E-state index contributed by atoms with van der Waals surface area (Å²) in [6.07, 6.45) is 2.92. The van der Waals surface area contributed by atoms with Crippen molar-refractivity contribution in [1.29, 1.82) is 0 Å².